The third kappa shape index (κ3) is 3.37. The molecule has 0 saturated carbocycles. The van der Waals surface area contributed by atoms with Crippen molar-refractivity contribution >= 4 is 17.3 Å². The fourth-order valence-corrected chi connectivity index (χ4v) is 2.71. The van der Waals surface area contributed by atoms with E-state index in [2.05, 4.69) is 16.3 Å². The normalized spacial score (nSPS) is 15.3. The fourth-order valence-electron chi connectivity index (χ4n) is 2.39. The topological polar surface area (TPSA) is 24.5 Å². The first-order valence-corrected chi connectivity index (χ1v) is 6.92. The maximum Gasteiger partial charge on any atom is 0.0642 e. The predicted molar refractivity (Wildman–Crippen MR) is 76.5 cm³/mol. The lowest BCUT2D eigenvalue weighted by atomic mass is 10.1. The van der Waals surface area contributed by atoms with Crippen molar-refractivity contribution in [3.05, 3.63) is 28.8 Å². The van der Waals surface area contributed by atoms with Gasteiger partial charge in [-0.15, -0.1) is 0 Å². The molecule has 1 aliphatic heterocycles. The molecule has 2 rings (SSSR count). The quantitative estimate of drug-likeness (QED) is 0.803. The molecular formula is C14H21ClN2O. The Labute approximate surface area is 114 Å². The molecule has 4 heteroatoms. The number of nitrogens with one attached hydrogen (secondary N) is 1. The second-order valence-corrected chi connectivity index (χ2v) is 5.02. The SMILES string of the molecule is COCCNCc1cccc(Cl)c1N1CCCC1. The van der Waals surface area contributed by atoms with Crippen molar-refractivity contribution in [1.29, 1.82) is 0 Å². The summed E-state index contributed by atoms with van der Waals surface area (Å²) in [6, 6.07) is 6.16. The van der Waals surface area contributed by atoms with Crippen molar-refractivity contribution in [1.82, 2.24) is 5.32 Å². The Kier molecular flexibility index (Phi) is 5.29. The Balaban J connectivity index is 2.05. The first-order valence-electron chi connectivity index (χ1n) is 6.55. The van der Waals surface area contributed by atoms with Crippen LogP contribution in [-0.2, 0) is 11.3 Å². The molecule has 1 aromatic carbocycles. The molecule has 1 heterocycles. The summed E-state index contributed by atoms with van der Waals surface area (Å²) in [6.07, 6.45) is 2.53. The van der Waals surface area contributed by atoms with Gasteiger partial charge >= 0.3 is 0 Å². The van der Waals surface area contributed by atoms with Crippen LogP contribution in [0.15, 0.2) is 18.2 Å². The molecule has 1 N–H and O–H groups in total. The van der Waals surface area contributed by atoms with Crippen LogP contribution in [0.3, 0.4) is 0 Å². The van der Waals surface area contributed by atoms with Gasteiger partial charge in [0.15, 0.2) is 0 Å². The molecular weight excluding hydrogens is 248 g/mol. The molecule has 18 heavy (non-hydrogen) atoms. The molecule has 1 aliphatic rings. The first-order chi connectivity index (χ1) is 8.83. The summed E-state index contributed by atoms with van der Waals surface area (Å²) >= 11 is 6.36. The molecule has 0 bridgehead atoms. The van der Waals surface area contributed by atoms with E-state index >= 15 is 0 Å². The van der Waals surface area contributed by atoms with Crippen LogP contribution in [0.5, 0.6) is 0 Å². The number of halogens is 1. The Morgan fingerprint density at radius 1 is 1.33 bits per heavy atom. The third-order valence-electron chi connectivity index (χ3n) is 3.29. The number of ether oxygens (including phenoxy) is 1. The monoisotopic (exact) mass is 268 g/mol. The van der Waals surface area contributed by atoms with Crippen LogP contribution < -0.4 is 10.2 Å². The van der Waals surface area contributed by atoms with Gasteiger partial charge in [-0.3, -0.25) is 0 Å². The van der Waals surface area contributed by atoms with Crippen LogP contribution >= 0.6 is 11.6 Å². The van der Waals surface area contributed by atoms with Crippen molar-refractivity contribution in [3.8, 4) is 0 Å². The molecule has 0 aromatic heterocycles. The summed E-state index contributed by atoms with van der Waals surface area (Å²) in [7, 11) is 1.72. The van der Waals surface area contributed by atoms with Crippen LogP contribution in [0.1, 0.15) is 18.4 Å². The molecule has 0 atom stereocenters. The summed E-state index contributed by atoms with van der Waals surface area (Å²) in [4.78, 5) is 2.40. The van der Waals surface area contributed by atoms with Crippen LogP contribution in [-0.4, -0.2) is 33.4 Å². The number of rotatable bonds is 6. The highest BCUT2D eigenvalue weighted by atomic mass is 35.5. The van der Waals surface area contributed by atoms with Gasteiger partial charge in [0.05, 0.1) is 17.3 Å². The van der Waals surface area contributed by atoms with Crippen molar-refractivity contribution in [2.24, 2.45) is 0 Å². The van der Waals surface area contributed by atoms with Gasteiger partial charge in [-0.1, -0.05) is 23.7 Å². The molecule has 3 nitrogen and oxygen atoms in total. The maximum absolute atomic E-state index is 6.36. The number of para-hydroxylation sites is 1. The van der Waals surface area contributed by atoms with Gasteiger partial charge in [0.2, 0.25) is 0 Å². The van der Waals surface area contributed by atoms with E-state index in [4.69, 9.17) is 16.3 Å². The Morgan fingerprint density at radius 3 is 2.83 bits per heavy atom. The van der Waals surface area contributed by atoms with E-state index in [-0.39, 0.29) is 0 Å². The van der Waals surface area contributed by atoms with Gasteiger partial charge in [0.1, 0.15) is 0 Å². The van der Waals surface area contributed by atoms with Crippen LogP contribution in [0.4, 0.5) is 5.69 Å². The van der Waals surface area contributed by atoms with Crippen molar-refractivity contribution in [2.75, 3.05) is 38.3 Å². The average Bonchev–Trinajstić information content (AvgIpc) is 2.88. The largest absolute Gasteiger partial charge is 0.383 e. The highest BCUT2D eigenvalue weighted by Crippen LogP contribution is 2.32. The summed E-state index contributed by atoms with van der Waals surface area (Å²) in [5.74, 6) is 0. The molecule has 1 aromatic rings. The highest BCUT2D eigenvalue weighted by molar-refractivity contribution is 6.33. The number of nitrogens with zero attached hydrogens (tertiary/aromatic N) is 1. The van der Waals surface area contributed by atoms with E-state index < -0.39 is 0 Å². The standard InChI is InChI=1S/C14H21ClN2O/c1-18-10-7-16-11-12-5-4-6-13(15)14(12)17-8-2-3-9-17/h4-6,16H,2-3,7-11H2,1H3. The van der Waals surface area contributed by atoms with E-state index in [9.17, 15) is 0 Å². The number of hydrogen-bond donors (Lipinski definition) is 1. The molecule has 100 valence electrons. The van der Waals surface area contributed by atoms with Crippen molar-refractivity contribution in [2.45, 2.75) is 19.4 Å². The lowest BCUT2D eigenvalue weighted by Gasteiger charge is -2.23. The van der Waals surface area contributed by atoms with Crippen LogP contribution in [0.2, 0.25) is 5.02 Å². The van der Waals surface area contributed by atoms with Gasteiger partial charge in [-0.05, 0) is 24.5 Å². The smallest absolute Gasteiger partial charge is 0.0642 e. The number of hydrogen-bond acceptors (Lipinski definition) is 3. The number of anilines is 1. The molecule has 0 radical (unpaired) electrons. The second-order valence-electron chi connectivity index (χ2n) is 4.61. The molecule has 0 amide bonds. The van der Waals surface area contributed by atoms with Crippen molar-refractivity contribution in [3.63, 3.8) is 0 Å². The summed E-state index contributed by atoms with van der Waals surface area (Å²) in [5.41, 5.74) is 2.49. The summed E-state index contributed by atoms with van der Waals surface area (Å²) < 4.78 is 5.03. The summed E-state index contributed by atoms with van der Waals surface area (Å²) in [6.45, 7) is 4.68. The number of methoxy groups -OCH3 is 1. The van der Waals surface area contributed by atoms with Gasteiger partial charge in [0.25, 0.3) is 0 Å². The van der Waals surface area contributed by atoms with Crippen molar-refractivity contribution < 1.29 is 4.74 Å². The minimum atomic E-state index is 0.736. The molecule has 1 saturated heterocycles. The Hall–Kier alpha value is -0.770. The zero-order valence-corrected chi connectivity index (χ0v) is 11.7. The van der Waals surface area contributed by atoms with Gasteiger partial charge in [0, 0.05) is 33.3 Å². The molecule has 1 fully saturated rings. The fraction of sp³-hybridized carbons (Fsp3) is 0.571. The Bertz CT molecular complexity index is 378. The second kappa shape index (κ2) is 6.98. The molecule has 0 aliphatic carbocycles. The minimum absolute atomic E-state index is 0.736. The van der Waals surface area contributed by atoms with E-state index in [0.717, 1.165) is 37.8 Å². The zero-order chi connectivity index (χ0) is 12.8. The van der Waals surface area contributed by atoms with E-state index in [1.807, 2.05) is 12.1 Å². The van der Waals surface area contributed by atoms with E-state index in [1.54, 1.807) is 7.11 Å². The van der Waals surface area contributed by atoms with Gasteiger partial charge < -0.3 is 15.0 Å². The molecule has 0 unspecified atom stereocenters. The minimum Gasteiger partial charge on any atom is -0.383 e. The first kappa shape index (κ1) is 13.7. The lowest BCUT2D eigenvalue weighted by molar-refractivity contribution is 0.199. The summed E-state index contributed by atoms with van der Waals surface area (Å²) in [5, 5.41) is 4.25. The zero-order valence-electron chi connectivity index (χ0n) is 10.9. The average molecular weight is 269 g/mol. The molecule has 0 spiro atoms. The van der Waals surface area contributed by atoms with Gasteiger partial charge in [-0.25, -0.2) is 0 Å². The maximum atomic E-state index is 6.36. The van der Waals surface area contributed by atoms with Gasteiger partial charge in [-0.2, -0.15) is 0 Å². The van der Waals surface area contributed by atoms with E-state index in [1.165, 1.54) is 24.1 Å². The Morgan fingerprint density at radius 2 is 2.11 bits per heavy atom. The van der Waals surface area contributed by atoms with E-state index in [0.29, 0.717) is 0 Å². The third-order valence-corrected chi connectivity index (χ3v) is 3.60. The lowest BCUT2D eigenvalue weighted by Crippen LogP contribution is -2.23. The highest BCUT2D eigenvalue weighted by Gasteiger charge is 2.18. The predicted octanol–water partition coefficient (Wildman–Crippen LogP) is 2.68. The number of benzene rings is 1. The van der Waals surface area contributed by atoms with Crippen LogP contribution in [0, 0.1) is 0 Å². The van der Waals surface area contributed by atoms with Crippen LogP contribution in [0.25, 0.3) is 0 Å².